The molecular formula is C17H19ClN2OS. The molecule has 2 aromatic rings. The monoisotopic (exact) mass is 334 g/mol. The second kappa shape index (κ2) is 7.27. The van der Waals surface area contributed by atoms with Crippen LogP contribution in [-0.2, 0) is 11.3 Å². The number of benzene rings is 1. The summed E-state index contributed by atoms with van der Waals surface area (Å²) in [4.78, 5) is 15.6. The molecule has 1 saturated heterocycles. The van der Waals surface area contributed by atoms with Gasteiger partial charge in [0.25, 0.3) is 0 Å². The van der Waals surface area contributed by atoms with Gasteiger partial charge in [-0.1, -0.05) is 29.8 Å². The molecule has 0 aliphatic carbocycles. The second-order valence-corrected chi connectivity index (χ2v) is 7.00. The van der Waals surface area contributed by atoms with E-state index in [-0.39, 0.29) is 5.91 Å². The Bertz CT molecular complexity index is 612. The number of nitrogens with one attached hydrogen (secondary N) is 1. The molecule has 22 heavy (non-hydrogen) atoms. The van der Waals surface area contributed by atoms with Crippen molar-refractivity contribution in [2.24, 2.45) is 0 Å². The van der Waals surface area contributed by atoms with Crippen molar-refractivity contribution in [1.29, 1.82) is 0 Å². The fourth-order valence-electron chi connectivity index (χ4n) is 2.92. The lowest BCUT2D eigenvalue weighted by atomic mass is 10.0. The van der Waals surface area contributed by atoms with Crippen LogP contribution >= 0.6 is 22.9 Å². The Morgan fingerprint density at radius 2 is 2.14 bits per heavy atom. The smallest absolute Gasteiger partial charge is 0.234 e. The van der Waals surface area contributed by atoms with Gasteiger partial charge in [0.1, 0.15) is 0 Å². The highest BCUT2D eigenvalue weighted by Crippen LogP contribution is 2.32. The Balaban J connectivity index is 1.56. The summed E-state index contributed by atoms with van der Waals surface area (Å²) in [6.45, 7) is 2.05. The molecule has 0 radical (unpaired) electrons. The molecule has 0 bridgehead atoms. The van der Waals surface area contributed by atoms with Crippen LogP contribution in [0.25, 0.3) is 0 Å². The summed E-state index contributed by atoms with van der Waals surface area (Å²) in [7, 11) is 0. The standard InChI is InChI=1S/C17H19ClN2OS/c18-14-7-5-13(6-8-14)16-4-1-9-20(16)12-17(21)19-11-15-3-2-10-22-15/h2-3,5-8,10,16H,1,4,9,11-12H2,(H,19,21)/t16-/m1/s1. The first-order valence-electron chi connectivity index (χ1n) is 7.51. The van der Waals surface area contributed by atoms with Gasteiger partial charge in [0.05, 0.1) is 13.1 Å². The molecule has 0 saturated carbocycles. The Morgan fingerprint density at radius 1 is 1.32 bits per heavy atom. The molecule has 1 aliphatic rings. The third-order valence-corrected chi connectivity index (χ3v) is 5.13. The van der Waals surface area contributed by atoms with E-state index in [2.05, 4.69) is 22.3 Å². The Hall–Kier alpha value is -1.36. The second-order valence-electron chi connectivity index (χ2n) is 5.54. The Kier molecular flexibility index (Phi) is 5.13. The zero-order chi connectivity index (χ0) is 15.4. The first kappa shape index (κ1) is 15.5. The summed E-state index contributed by atoms with van der Waals surface area (Å²) in [6.07, 6.45) is 2.23. The van der Waals surface area contributed by atoms with Gasteiger partial charge in [-0.3, -0.25) is 9.69 Å². The van der Waals surface area contributed by atoms with Crippen LogP contribution in [0, 0.1) is 0 Å². The molecule has 2 heterocycles. The van der Waals surface area contributed by atoms with E-state index in [0.29, 0.717) is 19.1 Å². The van der Waals surface area contributed by atoms with Crippen LogP contribution in [0.5, 0.6) is 0 Å². The first-order valence-corrected chi connectivity index (χ1v) is 8.77. The molecule has 1 atom stereocenters. The van der Waals surface area contributed by atoms with E-state index < -0.39 is 0 Å². The number of carbonyl (C=O) groups is 1. The van der Waals surface area contributed by atoms with Gasteiger partial charge in [0.15, 0.2) is 0 Å². The van der Waals surface area contributed by atoms with Crippen LogP contribution in [0.2, 0.25) is 5.02 Å². The fourth-order valence-corrected chi connectivity index (χ4v) is 3.69. The van der Waals surface area contributed by atoms with E-state index in [1.165, 1.54) is 10.4 Å². The molecule has 1 fully saturated rings. The lowest BCUT2D eigenvalue weighted by molar-refractivity contribution is -0.122. The van der Waals surface area contributed by atoms with Crippen LogP contribution in [0.15, 0.2) is 41.8 Å². The van der Waals surface area contributed by atoms with Crippen molar-refractivity contribution in [2.45, 2.75) is 25.4 Å². The SMILES string of the molecule is O=C(CN1CCC[C@@H]1c1ccc(Cl)cc1)NCc1cccs1. The van der Waals surface area contributed by atoms with Gasteiger partial charge in [-0.15, -0.1) is 11.3 Å². The Labute approximate surface area is 139 Å². The largest absolute Gasteiger partial charge is 0.350 e. The summed E-state index contributed by atoms with van der Waals surface area (Å²) in [5.74, 6) is 0.0919. The number of carbonyl (C=O) groups excluding carboxylic acids is 1. The average molecular weight is 335 g/mol. The molecule has 1 aliphatic heterocycles. The molecule has 5 heteroatoms. The maximum Gasteiger partial charge on any atom is 0.234 e. The van der Waals surface area contributed by atoms with Gasteiger partial charge >= 0.3 is 0 Å². The van der Waals surface area contributed by atoms with E-state index in [0.717, 1.165) is 24.4 Å². The van der Waals surface area contributed by atoms with E-state index in [4.69, 9.17) is 11.6 Å². The maximum atomic E-state index is 12.2. The molecule has 1 N–H and O–H groups in total. The number of hydrogen-bond acceptors (Lipinski definition) is 3. The number of likely N-dealkylation sites (tertiary alicyclic amines) is 1. The minimum atomic E-state index is 0.0919. The first-order chi connectivity index (χ1) is 10.7. The molecule has 116 valence electrons. The lowest BCUT2D eigenvalue weighted by Gasteiger charge is -2.24. The Morgan fingerprint density at radius 3 is 2.86 bits per heavy atom. The van der Waals surface area contributed by atoms with E-state index in [9.17, 15) is 4.79 Å². The molecule has 1 aromatic carbocycles. The normalized spacial score (nSPS) is 18.5. The van der Waals surface area contributed by atoms with E-state index >= 15 is 0 Å². The molecule has 1 aromatic heterocycles. The number of thiophene rings is 1. The highest BCUT2D eigenvalue weighted by molar-refractivity contribution is 7.09. The number of nitrogens with zero attached hydrogens (tertiary/aromatic N) is 1. The summed E-state index contributed by atoms with van der Waals surface area (Å²) in [6, 6.07) is 12.3. The summed E-state index contributed by atoms with van der Waals surface area (Å²) in [5, 5.41) is 5.78. The van der Waals surface area contributed by atoms with Crippen LogP contribution in [-0.4, -0.2) is 23.9 Å². The van der Waals surface area contributed by atoms with Crippen molar-refractivity contribution in [3.05, 3.63) is 57.2 Å². The number of rotatable bonds is 5. The van der Waals surface area contributed by atoms with E-state index in [1.54, 1.807) is 11.3 Å². The summed E-state index contributed by atoms with van der Waals surface area (Å²) >= 11 is 7.62. The fraction of sp³-hybridized carbons (Fsp3) is 0.353. The topological polar surface area (TPSA) is 32.3 Å². The van der Waals surface area contributed by atoms with Crippen LogP contribution in [0.4, 0.5) is 0 Å². The zero-order valence-corrected chi connectivity index (χ0v) is 13.9. The lowest BCUT2D eigenvalue weighted by Crippen LogP contribution is -2.36. The molecular weight excluding hydrogens is 316 g/mol. The quantitative estimate of drug-likeness (QED) is 0.900. The van der Waals surface area contributed by atoms with Gasteiger partial charge in [-0.25, -0.2) is 0 Å². The highest BCUT2D eigenvalue weighted by Gasteiger charge is 2.27. The van der Waals surface area contributed by atoms with Crippen LogP contribution in [0.3, 0.4) is 0 Å². The average Bonchev–Trinajstić information content (AvgIpc) is 3.17. The molecule has 0 unspecified atom stereocenters. The van der Waals surface area contributed by atoms with Crippen molar-refractivity contribution < 1.29 is 4.79 Å². The molecule has 3 rings (SSSR count). The predicted molar refractivity (Wildman–Crippen MR) is 91.2 cm³/mol. The molecule has 0 spiro atoms. The summed E-state index contributed by atoms with van der Waals surface area (Å²) < 4.78 is 0. The van der Waals surface area contributed by atoms with Crippen molar-refractivity contribution in [1.82, 2.24) is 10.2 Å². The van der Waals surface area contributed by atoms with Crippen molar-refractivity contribution in [3.8, 4) is 0 Å². The van der Waals surface area contributed by atoms with Gasteiger partial charge in [-0.05, 0) is 48.5 Å². The summed E-state index contributed by atoms with van der Waals surface area (Å²) in [5.41, 5.74) is 1.24. The van der Waals surface area contributed by atoms with Gasteiger partial charge in [-0.2, -0.15) is 0 Å². The highest BCUT2D eigenvalue weighted by atomic mass is 35.5. The van der Waals surface area contributed by atoms with Crippen molar-refractivity contribution in [2.75, 3.05) is 13.1 Å². The van der Waals surface area contributed by atoms with Gasteiger partial charge < -0.3 is 5.32 Å². The van der Waals surface area contributed by atoms with Gasteiger partial charge in [0.2, 0.25) is 5.91 Å². The number of amides is 1. The minimum absolute atomic E-state index is 0.0919. The third kappa shape index (κ3) is 3.88. The van der Waals surface area contributed by atoms with Gasteiger partial charge in [0, 0.05) is 15.9 Å². The van der Waals surface area contributed by atoms with E-state index in [1.807, 2.05) is 29.6 Å². The van der Waals surface area contributed by atoms with Crippen molar-refractivity contribution in [3.63, 3.8) is 0 Å². The molecule has 3 nitrogen and oxygen atoms in total. The molecule has 1 amide bonds. The predicted octanol–water partition coefficient (Wildman–Crippen LogP) is 3.85. The maximum absolute atomic E-state index is 12.2. The van der Waals surface area contributed by atoms with Crippen LogP contribution < -0.4 is 5.32 Å². The zero-order valence-electron chi connectivity index (χ0n) is 12.3. The third-order valence-electron chi connectivity index (χ3n) is 4.01. The minimum Gasteiger partial charge on any atom is -0.350 e. The number of halogens is 1. The van der Waals surface area contributed by atoms with Crippen molar-refractivity contribution >= 4 is 28.8 Å². The van der Waals surface area contributed by atoms with Crippen LogP contribution in [0.1, 0.15) is 29.3 Å². The number of hydrogen-bond donors (Lipinski definition) is 1.